The van der Waals surface area contributed by atoms with E-state index >= 15 is 0 Å². The third-order valence-electron chi connectivity index (χ3n) is 4.50. The van der Waals surface area contributed by atoms with Gasteiger partial charge in [0.05, 0.1) is 30.7 Å². The van der Waals surface area contributed by atoms with Crippen molar-refractivity contribution in [2.75, 3.05) is 19.2 Å². The molecule has 32 heavy (non-hydrogen) atoms. The smallest absolute Gasteiger partial charge is 0.281 e. The van der Waals surface area contributed by atoms with Crippen LogP contribution in [0.4, 0.5) is 9.52 Å². The van der Waals surface area contributed by atoms with Crippen molar-refractivity contribution in [1.29, 1.82) is 0 Å². The second kappa shape index (κ2) is 9.46. The number of thiazole rings is 1. The lowest BCUT2D eigenvalue weighted by Crippen LogP contribution is -2.25. The predicted octanol–water partition coefficient (Wildman–Crippen LogP) is 5.90. The fourth-order valence-electron chi connectivity index (χ4n) is 2.89. The number of methoxy groups -OCH3 is 2. The first-order valence-electron chi connectivity index (χ1n) is 9.40. The highest BCUT2D eigenvalue weighted by molar-refractivity contribution is 9.10. The molecule has 1 aromatic heterocycles. The van der Waals surface area contributed by atoms with Crippen LogP contribution in [0.1, 0.15) is 15.9 Å². The molecule has 9 heteroatoms. The predicted molar refractivity (Wildman–Crippen MR) is 128 cm³/mol. The van der Waals surface area contributed by atoms with E-state index in [0.29, 0.717) is 32.4 Å². The first-order chi connectivity index (χ1) is 15.5. The maximum absolute atomic E-state index is 13.7. The number of fused-ring (bicyclic) bond motifs is 1. The van der Waals surface area contributed by atoms with Crippen LogP contribution in [-0.2, 0) is 0 Å². The van der Waals surface area contributed by atoms with Gasteiger partial charge in [0.15, 0.2) is 0 Å². The highest BCUT2D eigenvalue weighted by Crippen LogP contribution is 2.32. The van der Waals surface area contributed by atoms with Crippen molar-refractivity contribution in [3.63, 3.8) is 0 Å². The van der Waals surface area contributed by atoms with Crippen LogP contribution in [0.5, 0.6) is 11.5 Å². The summed E-state index contributed by atoms with van der Waals surface area (Å²) in [6, 6.07) is 16.6. The molecule has 0 bridgehead atoms. The number of hydrogen-bond donors (Lipinski definition) is 0. The number of halogens is 2. The Morgan fingerprint density at radius 2 is 1.75 bits per heavy atom. The Hall–Kier alpha value is -3.30. The van der Waals surface area contributed by atoms with Crippen molar-refractivity contribution >= 4 is 54.7 Å². The number of carbonyl (C=O) groups is 1. The van der Waals surface area contributed by atoms with Gasteiger partial charge in [-0.15, -0.1) is 0 Å². The highest BCUT2D eigenvalue weighted by atomic mass is 79.9. The summed E-state index contributed by atoms with van der Waals surface area (Å²) in [6.45, 7) is 0. The summed E-state index contributed by atoms with van der Waals surface area (Å²) < 4.78 is 25.8. The molecule has 0 atom stereocenters. The molecule has 0 aliphatic carbocycles. The quantitative estimate of drug-likeness (QED) is 0.238. The number of rotatable bonds is 6. The Morgan fingerprint density at radius 3 is 2.41 bits per heavy atom. The van der Waals surface area contributed by atoms with Crippen molar-refractivity contribution < 1.29 is 18.7 Å². The number of ether oxygens (including phenoxy) is 2. The monoisotopic (exact) mass is 513 g/mol. The molecule has 0 spiro atoms. The molecule has 0 aliphatic heterocycles. The second-order valence-electron chi connectivity index (χ2n) is 6.62. The number of nitrogens with zero attached hydrogens (tertiary/aromatic N) is 3. The fraction of sp³-hybridized carbons (Fsp3) is 0.0870. The topological polar surface area (TPSA) is 64.0 Å². The van der Waals surface area contributed by atoms with Crippen LogP contribution in [-0.4, -0.2) is 31.3 Å². The Kier molecular flexibility index (Phi) is 6.48. The molecule has 3 aromatic carbocycles. The third kappa shape index (κ3) is 4.79. The van der Waals surface area contributed by atoms with Gasteiger partial charge >= 0.3 is 0 Å². The fourth-order valence-corrected chi connectivity index (χ4v) is 4.10. The lowest BCUT2D eigenvalue weighted by molar-refractivity contribution is 0.0987. The van der Waals surface area contributed by atoms with Crippen molar-refractivity contribution in [3.05, 3.63) is 82.1 Å². The largest absolute Gasteiger partial charge is 0.497 e. The summed E-state index contributed by atoms with van der Waals surface area (Å²) in [5.41, 5.74) is 1.67. The Bertz CT molecular complexity index is 1290. The molecular formula is C23H17BrFN3O3S. The number of hydrazone groups is 1. The normalized spacial score (nSPS) is 11.1. The van der Waals surface area contributed by atoms with E-state index in [4.69, 9.17) is 9.47 Å². The van der Waals surface area contributed by atoms with Crippen LogP contribution in [0.2, 0.25) is 0 Å². The molecule has 0 fully saturated rings. The van der Waals surface area contributed by atoms with Crippen LogP contribution >= 0.6 is 27.3 Å². The van der Waals surface area contributed by atoms with Crippen molar-refractivity contribution in [3.8, 4) is 11.5 Å². The van der Waals surface area contributed by atoms with E-state index in [1.54, 1.807) is 30.5 Å². The number of hydrogen-bond acceptors (Lipinski definition) is 6. The summed E-state index contributed by atoms with van der Waals surface area (Å²) in [4.78, 5) is 18.0. The Balaban J connectivity index is 1.78. The van der Waals surface area contributed by atoms with Crippen LogP contribution in [0.3, 0.4) is 0 Å². The molecular weight excluding hydrogens is 497 g/mol. The highest BCUT2D eigenvalue weighted by Gasteiger charge is 2.22. The molecule has 6 nitrogen and oxygen atoms in total. The molecule has 162 valence electrons. The number of carbonyl (C=O) groups excluding carboxylic acids is 1. The van der Waals surface area contributed by atoms with Gasteiger partial charge in [-0.25, -0.2) is 9.37 Å². The average Bonchev–Trinajstić information content (AvgIpc) is 3.22. The molecule has 0 saturated heterocycles. The van der Waals surface area contributed by atoms with Gasteiger partial charge in [-0.3, -0.25) is 4.79 Å². The lowest BCUT2D eigenvalue weighted by atomic mass is 10.2. The van der Waals surface area contributed by atoms with Crippen molar-refractivity contribution in [2.24, 2.45) is 5.10 Å². The molecule has 0 aliphatic rings. The minimum absolute atomic E-state index is 0.305. The molecule has 0 saturated carbocycles. The van der Waals surface area contributed by atoms with Crippen LogP contribution in [0.15, 0.2) is 70.2 Å². The number of benzene rings is 3. The maximum atomic E-state index is 13.7. The number of anilines is 1. The first kappa shape index (κ1) is 21.9. The second-order valence-corrected chi connectivity index (χ2v) is 8.55. The van der Waals surface area contributed by atoms with Crippen LogP contribution < -0.4 is 14.5 Å². The summed E-state index contributed by atoms with van der Waals surface area (Å²) >= 11 is 4.57. The van der Waals surface area contributed by atoms with Crippen molar-refractivity contribution in [2.45, 2.75) is 0 Å². The van der Waals surface area contributed by atoms with E-state index in [2.05, 4.69) is 26.0 Å². The van der Waals surface area contributed by atoms with E-state index in [-0.39, 0.29) is 5.82 Å². The SMILES string of the molecule is COc1cc(OC)cc(C(=O)N(/N=C/c2ccc(Br)cc2)c2nc3ccc(F)cc3s2)c1. The van der Waals surface area contributed by atoms with Gasteiger partial charge in [-0.05, 0) is 48.0 Å². The summed E-state index contributed by atoms with van der Waals surface area (Å²) in [5, 5.41) is 5.92. The minimum Gasteiger partial charge on any atom is -0.497 e. The standard InChI is InChI=1S/C23H17BrFN3O3S/c1-30-18-9-15(10-19(12-18)31-2)22(29)28(26-13-14-3-5-16(24)6-4-14)23-27-20-8-7-17(25)11-21(20)32-23/h3-13H,1-2H3/b26-13+. The minimum atomic E-state index is -0.435. The zero-order chi connectivity index (χ0) is 22.7. The molecule has 4 aromatic rings. The summed E-state index contributed by atoms with van der Waals surface area (Å²) in [7, 11) is 3.02. The van der Waals surface area contributed by atoms with Crippen LogP contribution in [0.25, 0.3) is 10.2 Å². The van der Waals surface area contributed by atoms with E-state index in [1.165, 1.54) is 42.7 Å². The van der Waals surface area contributed by atoms with E-state index in [0.717, 1.165) is 10.0 Å². The molecule has 1 amide bonds. The van der Waals surface area contributed by atoms with Crippen LogP contribution in [0, 0.1) is 5.82 Å². The van der Waals surface area contributed by atoms with Gasteiger partial charge in [0.1, 0.15) is 17.3 Å². The van der Waals surface area contributed by atoms with E-state index < -0.39 is 5.91 Å². The average molecular weight is 514 g/mol. The number of aromatic nitrogens is 1. The van der Waals surface area contributed by atoms with E-state index in [1.807, 2.05) is 24.3 Å². The van der Waals surface area contributed by atoms with Gasteiger partial charge in [0.25, 0.3) is 5.91 Å². The van der Waals surface area contributed by atoms with Crippen molar-refractivity contribution in [1.82, 2.24) is 4.98 Å². The Morgan fingerprint density at radius 1 is 1.06 bits per heavy atom. The number of amides is 1. The molecule has 4 rings (SSSR count). The Labute approximate surface area is 196 Å². The zero-order valence-electron chi connectivity index (χ0n) is 17.1. The zero-order valence-corrected chi connectivity index (χ0v) is 19.5. The molecule has 0 N–H and O–H groups in total. The van der Waals surface area contributed by atoms with E-state index in [9.17, 15) is 9.18 Å². The molecule has 0 unspecified atom stereocenters. The van der Waals surface area contributed by atoms with Gasteiger partial charge < -0.3 is 9.47 Å². The van der Waals surface area contributed by atoms with Gasteiger partial charge in [-0.1, -0.05) is 39.4 Å². The van der Waals surface area contributed by atoms with Gasteiger partial charge in [-0.2, -0.15) is 10.1 Å². The molecule has 0 radical (unpaired) electrons. The lowest BCUT2D eigenvalue weighted by Gasteiger charge is -2.15. The van der Waals surface area contributed by atoms with Gasteiger partial charge in [0, 0.05) is 16.1 Å². The third-order valence-corrected chi connectivity index (χ3v) is 6.03. The molecule has 1 heterocycles. The first-order valence-corrected chi connectivity index (χ1v) is 11.0. The maximum Gasteiger partial charge on any atom is 0.281 e. The van der Waals surface area contributed by atoms with Gasteiger partial charge in [0.2, 0.25) is 5.13 Å². The summed E-state index contributed by atoms with van der Waals surface area (Å²) in [6.07, 6.45) is 1.56. The summed E-state index contributed by atoms with van der Waals surface area (Å²) in [5.74, 6) is 0.128.